The van der Waals surface area contributed by atoms with Gasteiger partial charge in [0.15, 0.2) is 11.3 Å². The molecule has 0 saturated heterocycles. The molecule has 0 aliphatic carbocycles. The second kappa shape index (κ2) is 6.96. The first kappa shape index (κ1) is 15.9. The highest BCUT2D eigenvalue weighted by molar-refractivity contribution is 5.83. The van der Waals surface area contributed by atoms with Crippen molar-refractivity contribution in [2.24, 2.45) is 0 Å². The number of hydrogen-bond donors (Lipinski definition) is 1. The van der Waals surface area contributed by atoms with E-state index in [9.17, 15) is 0 Å². The van der Waals surface area contributed by atoms with Crippen molar-refractivity contribution in [2.75, 3.05) is 27.2 Å². The summed E-state index contributed by atoms with van der Waals surface area (Å²) in [6.45, 7) is 8.49. The molecular weight excluding hydrogens is 264 g/mol. The quantitative estimate of drug-likeness (QED) is 0.847. The van der Waals surface area contributed by atoms with Crippen molar-refractivity contribution < 1.29 is 9.15 Å². The lowest BCUT2D eigenvalue weighted by atomic mass is 10.2. The molecular formula is C17H26N2O2. The normalized spacial score (nSPS) is 13.3. The van der Waals surface area contributed by atoms with E-state index in [4.69, 9.17) is 9.15 Å². The molecule has 2 rings (SSSR count). The molecule has 4 heteroatoms. The zero-order valence-corrected chi connectivity index (χ0v) is 13.6. The smallest absolute Gasteiger partial charge is 0.176 e. The molecule has 0 amide bonds. The maximum Gasteiger partial charge on any atom is 0.176 e. The molecule has 1 aromatic heterocycles. The molecule has 0 spiro atoms. The van der Waals surface area contributed by atoms with E-state index < -0.39 is 0 Å². The molecule has 2 aromatic rings. The Morgan fingerprint density at radius 3 is 2.71 bits per heavy atom. The van der Waals surface area contributed by atoms with Crippen LogP contribution in [0.25, 0.3) is 11.0 Å². The number of benzene rings is 1. The fourth-order valence-corrected chi connectivity index (χ4v) is 2.25. The Hall–Kier alpha value is -1.52. The molecule has 0 saturated carbocycles. The van der Waals surface area contributed by atoms with E-state index in [0.717, 1.165) is 35.6 Å². The average molecular weight is 290 g/mol. The van der Waals surface area contributed by atoms with E-state index in [1.165, 1.54) is 0 Å². The Morgan fingerprint density at radius 2 is 2.05 bits per heavy atom. The van der Waals surface area contributed by atoms with Gasteiger partial charge in [0.05, 0.1) is 13.2 Å². The summed E-state index contributed by atoms with van der Waals surface area (Å²) in [5.41, 5.74) is 0.822. The fourth-order valence-electron chi connectivity index (χ4n) is 2.25. The summed E-state index contributed by atoms with van der Waals surface area (Å²) in [4.78, 5) is 2.32. The molecule has 21 heavy (non-hydrogen) atoms. The van der Waals surface area contributed by atoms with E-state index in [1.54, 1.807) is 7.11 Å². The van der Waals surface area contributed by atoms with Gasteiger partial charge in [-0.3, -0.25) is 0 Å². The summed E-state index contributed by atoms with van der Waals surface area (Å²) in [5, 5.41) is 4.59. The number of furan rings is 1. The van der Waals surface area contributed by atoms with Crippen molar-refractivity contribution in [1.29, 1.82) is 0 Å². The van der Waals surface area contributed by atoms with Crippen LogP contribution in [0.2, 0.25) is 0 Å². The first-order valence-corrected chi connectivity index (χ1v) is 7.53. The number of methoxy groups -OCH3 is 1. The maximum absolute atomic E-state index is 5.96. The summed E-state index contributed by atoms with van der Waals surface area (Å²) < 4.78 is 11.3. The Bertz CT molecular complexity index is 577. The molecule has 4 nitrogen and oxygen atoms in total. The van der Waals surface area contributed by atoms with Crippen LogP contribution in [0.1, 0.15) is 32.6 Å². The average Bonchev–Trinajstić information content (AvgIpc) is 2.90. The minimum absolute atomic E-state index is 0.183. The van der Waals surface area contributed by atoms with Gasteiger partial charge in [-0.1, -0.05) is 12.1 Å². The van der Waals surface area contributed by atoms with Gasteiger partial charge in [-0.05, 0) is 40.0 Å². The van der Waals surface area contributed by atoms with Gasteiger partial charge in [-0.25, -0.2) is 0 Å². The molecule has 1 unspecified atom stereocenters. The topological polar surface area (TPSA) is 37.6 Å². The van der Waals surface area contributed by atoms with E-state index in [-0.39, 0.29) is 6.04 Å². The van der Waals surface area contributed by atoms with Crippen LogP contribution in [-0.2, 0) is 0 Å². The number of nitrogens with one attached hydrogen (secondary N) is 1. The van der Waals surface area contributed by atoms with Crippen LogP contribution < -0.4 is 10.1 Å². The Balaban J connectivity index is 2.01. The van der Waals surface area contributed by atoms with Gasteiger partial charge >= 0.3 is 0 Å². The lowest BCUT2D eigenvalue weighted by Gasteiger charge is -2.22. The van der Waals surface area contributed by atoms with Crippen molar-refractivity contribution in [2.45, 2.75) is 32.9 Å². The predicted molar refractivity (Wildman–Crippen MR) is 86.9 cm³/mol. The van der Waals surface area contributed by atoms with Crippen molar-refractivity contribution in [3.05, 3.63) is 30.0 Å². The monoisotopic (exact) mass is 290 g/mol. The van der Waals surface area contributed by atoms with E-state index >= 15 is 0 Å². The lowest BCUT2D eigenvalue weighted by molar-refractivity contribution is 0.267. The van der Waals surface area contributed by atoms with E-state index in [2.05, 4.69) is 44.1 Å². The van der Waals surface area contributed by atoms with Crippen LogP contribution in [0.5, 0.6) is 5.75 Å². The third kappa shape index (κ3) is 3.77. The number of para-hydroxylation sites is 1. The largest absolute Gasteiger partial charge is 0.493 e. The second-order valence-corrected chi connectivity index (χ2v) is 5.78. The summed E-state index contributed by atoms with van der Waals surface area (Å²) in [7, 11) is 3.81. The van der Waals surface area contributed by atoms with Gasteiger partial charge in [0.2, 0.25) is 0 Å². The highest BCUT2D eigenvalue weighted by Gasteiger charge is 2.14. The zero-order valence-electron chi connectivity index (χ0n) is 13.6. The van der Waals surface area contributed by atoms with Gasteiger partial charge in [0.1, 0.15) is 5.76 Å². The lowest BCUT2D eigenvalue weighted by Crippen LogP contribution is -2.34. The summed E-state index contributed by atoms with van der Waals surface area (Å²) in [6, 6.07) is 8.79. The molecule has 0 radical (unpaired) electrons. The second-order valence-electron chi connectivity index (χ2n) is 5.78. The van der Waals surface area contributed by atoms with Crippen molar-refractivity contribution in [3.8, 4) is 5.75 Å². The van der Waals surface area contributed by atoms with Crippen LogP contribution in [0.15, 0.2) is 28.7 Å². The first-order chi connectivity index (χ1) is 10.0. The Kier molecular flexibility index (Phi) is 5.26. The van der Waals surface area contributed by atoms with Crippen LogP contribution in [-0.4, -0.2) is 38.2 Å². The predicted octanol–water partition coefficient (Wildman–Crippen LogP) is 3.43. The van der Waals surface area contributed by atoms with Gasteiger partial charge < -0.3 is 19.4 Å². The number of nitrogens with zero attached hydrogens (tertiary/aromatic N) is 1. The van der Waals surface area contributed by atoms with Gasteiger partial charge in [0, 0.05) is 24.5 Å². The minimum atomic E-state index is 0.183. The number of rotatable bonds is 7. The molecule has 1 N–H and O–H groups in total. The van der Waals surface area contributed by atoms with E-state index in [0.29, 0.717) is 6.04 Å². The third-order valence-corrected chi connectivity index (χ3v) is 3.97. The summed E-state index contributed by atoms with van der Waals surface area (Å²) in [5.74, 6) is 1.73. The van der Waals surface area contributed by atoms with Crippen molar-refractivity contribution in [3.63, 3.8) is 0 Å². The standard InChI is InChI=1S/C17H26N2O2/c1-12(2)19(4)10-9-18-13(3)16-11-14-7-6-8-15(20-5)17(14)21-16/h6-8,11-13,18H,9-10H2,1-5H3. The van der Waals surface area contributed by atoms with Crippen LogP contribution in [0, 0.1) is 0 Å². The molecule has 0 fully saturated rings. The van der Waals surface area contributed by atoms with Crippen LogP contribution >= 0.6 is 0 Å². The highest BCUT2D eigenvalue weighted by Crippen LogP contribution is 2.30. The zero-order chi connectivity index (χ0) is 15.4. The van der Waals surface area contributed by atoms with Crippen LogP contribution in [0.3, 0.4) is 0 Å². The number of ether oxygens (including phenoxy) is 1. The molecule has 1 aromatic carbocycles. The molecule has 1 heterocycles. The van der Waals surface area contributed by atoms with Gasteiger partial charge in [-0.2, -0.15) is 0 Å². The molecule has 0 aliphatic heterocycles. The molecule has 0 bridgehead atoms. The van der Waals surface area contributed by atoms with E-state index in [1.807, 2.05) is 18.2 Å². The Morgan fingerprint density at radius 1 is 1.29 bits per heavy atom. The first-order valence-electron chi connectivity index (χ1n) is 7.53. The Labute approximate surface area is 127 Å². The van der Waals surface area contributed by atoms with Crippen LogP contribution in [0.4, 0.5) is 0 Å². The number of likely N-dealkylation sites (N-methyl/N-ethyl adjacent to an activating group) is 1. The van der Waals surface area contributed by atoms with Gasteiger partial charge in [0.25, 0.3) is 0 Å². The fraction of sp³-hybridized carbons (Fsp3) is 0.529. The third-order valence-electron chi connectivity index (χ3n) is 3.97. The van der Waals surface area contributed by atoms with Gasteiger partial charge in [-0.15, -0.1) is 0 Å². The SMILES string of the molecule is COc1cccc2cc(C(C)NCCN(C)C(C)C)oc12. The minimum Gasteiger partial charge on any atom is -0.493 e. The maximum atomic E-state index is 5.96. The summed E-state index contributed by atoms with van der Waals surface area (Å²) >= 11 is 0. The van der Waals surface area contributed by atoms with Crippen molar-refractivity contribution >= 4 is 11.0 Å². The van der Waals surface area contributed by atoms with Crippen molar-refractivity contribution in [1.82, 2.24) is 10.2 Å². The molecule has 116 valence electrons. The number of hydrogen-bond acceptors (Lipinski definition) is 4. The highest BCUT2D eigenvalue weighted by atomic mass is 16.5. The summed E-state index contributed by atoms with van der Waals surface area (Å²) in [6.07, 6.45) is 0. The number of fused-ring (bicyclic) bond motifs is 1. The molecule has 0 aliphatic rings. The molecule has 1 atom stereocenters.